The molecule has 1 atom stereocenters. The van der Waals surface area contributed by atoms with Crippen molar-refractivity contribution in [2.24, 2.45) is 0 Å². The van der Waals surface area contributed by atoms with Crippen LogP contribution in [0.2, 0.25) is 0 Å². The third-order valence-electron chi connectivity index (χ3n) is 4.92. The van der Waals surface area contributed by atoms with Gasteiger partial charge >= 0.3 is 0 Å². The number of methoxy groups -OCH3 is 1. The number of nitrogens with zero attached hydrogens (tertiary/aromatic N) is 5. The molecule has 0 aliphatic heterocycles. The number of nitrogens with one attached hydrogen (secondary N) is 1. The minimum absolute atomic E-state index is 0.126. The molecule has 7 nitrogen and oxygen atoms in total. The van der Waals surface area contributed by atoms with Gasteiger partial charge in [0.25, 0.3) is 0 Å². The van der Waals surface area contributed by atoms with E-state index >= 15 is 0 Å². The lowest BCUT2D eigenvalue weighted by molar-refractivity contribution is 0.396. The Bertz CT molecular complexity index is 1160. The average Bonchev–Trinajstić information content (AvgIpc) is 3.21. The van der Waals surface area contributed by atoms with E-state index in [4.69, 9.17) is 4.74 Å². The summed E-state index contributed by atoms with van der Waals surface area (Å²) in [4.78, 5) is 8.90. The van der Waals surface area contributed by atoms with Gasteiger partial charge in [0.15, 0.2) is 5.82 Å². The van der Waals surface area contributed by atoms with Crippen LogP contribution in [-0.4, -0.2) is 31.8 Å². The van der Waals surface area contributed by atoms with Gasteiger partial charge in [-0.2, -0.15) is 0 Å². The van der Waals surface area contributed by atoms with Crippen molar-refractivity contribution in [3.05, 3.63) is 77.9 Å². The number of aromatic nitrogens is 5. The van der Waals surface area contributed by atoms with Crippen molar-refractivity contribution < 1.29 is 4.74 Å². The third-order valence-corrected chi connectivity index (χ3v) is 4.92. The molecule has 0 saturated heterocycles. The summed E-state index contributed by atoms with van der Waals surface area (Å²) in [6, 6.07) is 16.2. The van der Waals surface area contributed by atoms with E-state index in [0.29, 0.717) is 17.3 Å². The van der Waals surface area contributed by atoms with Crippen LogP contribution in [0.5, 0.6) is 5.88 Å². The highest BCUT2D eigenvalue weighted by molar-refractivity contribution is 5.61. The van der Waals surface area contributed by atoms with Crippen LogP contribution in [0.3, 0.4) is 0 Å². The summed E-state index contributed by atoms with van der Waals surface area (Å²) < 4.78 is 7.40. The molecule has 1 aromatic carbocycles. The van der Waals surface area contributed by atoms with Crippen molar-refractivity contribution in [1.82, 2.24) is 24.7 Å². The molecule has 0 radical (unpaired) electrons. The number of ether oxygens (including phenoxy) is 1. The van der Waals surface area contributed by atoms with Crippen LogP contribution in [0, 0.1) is 13.8 Å². The molecular weight excluding hydrogens is 376 g/mol. The average molecular weight is 400 g/mol. The topological polar surface area (TPSA) is 77.8 Å². The molecule has 30 heavy (non-hydrogen) atoms. The fourth-order valence-corrected chi connectivity index (χ4v) is 3.26. The Kier molecular flexibility index (Phi) is 5.43. The van der Waals surface area contributed by atoms with E-state index in [2.05, 4.69) is 44.5 Å². The van der Waals surface area contributed by atoms with E-state index < -0.39 is 0 Å². The lowest BCUT2D eigenvalue weighted by Gasteiger charge is -2.16. The largest absolute Gasteiger partial charge is 0.479 e. The predicted octanol–water partition coefficient (Wildman–Crippen LogP) is 4.52. The zero-order valence-corrected chi connectivity index (χ0v) is 17.5. The minimum Gasteiger partial charge on any atom is -0.479 e. The fourth-order valence-electron chi connectivity index (χ4n) is 3.26. The Morgan fingerprint density at radius 1 is 1.00 bits per heavy atom. The van der Waals surface area contributed by atoms with Crippen LogP contribution in [0.1, 0.15) is 29.8 Å². The molecule has 3 heterocycles. The number of pyridine rings is 1. The molecule has 3 aromatic heterocycles. The molecule has 1 N–H and O–H groups in total. The molecule has 0 bridgehead atoms. The molecular formula is C23H24N6O. The highest BCUT2D eigenvalue weighted by Crippen LogP contribution is 2.27. The molecule has 152 valence electrons. The summed E-state index contributed by atoms with van der Waals surface area (Å²) in [7, 11) is 1.61. The zero-order valence-electron chi connectivity index (χ0n) is 17.5. The maximum Gasteiger partial charge on any atom is 0.238 e. The second kappa shape index (κ2) is 8.32. The number of anilines is 1. The quantitative estimate of drug-likeness (QED) is 0.513. The molecule has 0 fully saturated rings. The first kappa shape index (κ1) is 19.6. The van der Waals surface area contributed by atoms with Crippen LogP contribution >= 0.6 is 0 Å². The summed E-state index contributed by atoms with van der Waals surface area (Å²) in [6.07, 6.45) is 3.67. The second-order valence-corrected chi connectivity index (χ2v) is 7.19. The number of hydrogen-bond donors (Lipinski definition) is 1. The van der Waals surface area contributed by atoms with Crippen LogP contribution in [0.25, 0.3) is 17.1 Å². The predicted molar refractivity (Wildman–Crippen MR) is 117 cm³/mol. The second-order valence-electron chi connectivity index (χ2n) is 7.19. The summed E-state index contributed by atoms with van der Waals surface area (Å²) in [6.45, 7) is 6.06. The fraction of sp³-hybridized carbons (Fsp3) is 0.217. The molecule has 4 aromatic rings. The minimum atomic E-state index is 0.126. The molecule has 0 amide bonds. The first-order valence-electron chi connectivity index (χ1n) is 9.77. The first-order valence-corrected chi connectivity index (χ1v) is 9.77. The van der Waals surface area contributed by atoms with Crippen LogP contribution < -0.4 is 10.1 Å². The summed E-state index contributed by atoms with van der Waals surface area (Å²) in [5, 5.41) is 12.2. The lowest BCUT2D eigenvalue weighted by atomic mass is 10.1. The normalized spacial score (nSPS) is 11.9. The van der Waals surface area contributed by atoms with Crippen molar-refractivity contribution in [1.29, 1.82) is 0 Å². The van der Waals surface area contributed by atoms with Gasteiger partial charge in [0.2, 0.25) is 5.88 Å². The van der Waals surface area contributed by atoms with Gasteiger partial charge in [0.1, 0.15) is 11.4 Å². The Morgan fingerprint density at radius 2 is 1.80 bits per heavy atom. The third kappa shape index (κ3) is 4.00. The van der Waals surface area contributed by atoms with Crippen LogP contribution in [-0.2, 0) is 0 Å². The highest BCUT2D eigenvalue weighted by atomic mass is 16.5. The number of imidazole rings is 1. The molecule has 0 aliphatic rings. The molecule has 0 unspecified atom stereocenters. The van der Waals surface area contributed by atoms with E-state index in [-0.39, 0.29) is 6.04 Å². The number of hydrogen-bond acceptors (Lipinski definition) is 6. The smallest absolute Gasteiger partial charge is 0.238 e. The number of benzene rings is 1. The molecule has 4 rings (SSSR count). The van der Waals surface area contributed by atoms with Gasteiger partial charge < -0.3 is 14.6 Å². The molecule has 0 spiro atoms. The molecule has 7 heteroatoms. The van der Waals surface area contributed by atoms with E-state index in [9.17, 15) is 0 Å². The first-order chi connectivity index (χ1) is 14.5. The molecule has 0 aliphatic carbocycles. The van der Waals surface area contributed by atoms with Crippen molar-refractivity contribution in [3.63, 3.8) is 0 Å². The Balaban J connectivity index is 1.59. The van der Waals surface area contributed by atoms with Gasteiger partial charge in [-0.25, -0.2) is 9.97 Å². The van der Waals surface area contributed by atoms with Gasteiger partial charge in [0.05, 0.1) is 30.9 Å². The van der Waals surface area contributed by atoms with Crippen molar-refractivity contribution in [2.75, 3.05) is 12.4 Å². The van der Waals surface area contributed by atoms with Gasteiger partial charge in [-0.15, -0.1) is 10.2 Å². The van der Waals surface area contributed by atoms with E-state index in [0.717, 1.165) is 22.8 Å². The van der Waals surface area contributed by atoms with Gasteiger partial charge in [0, 0.05) is 6.20 Å². The number of rotatable bonds is 6. The van der Waals surface area contributed by atoms with Crippen LogP contribution in [0.15, 0.2) is 61.1 Å². The summed E-state index contributed by atoms with van der Waals surface area (Å²) >= 11 is 0. The van der Waals surface area contributed by atoms with Crippen molar-refractivity contribution in [3.8, 4) is 23.0 Å². The van der Waals surface area contributed by atoms with Crippen molar-refractivity contribution >= 4 is 5.82 Å². The Hall–Kier alpha value is -3.74. The zero-order chi connectivity index (χ0) is 21.1. The maximum atomic E-state index is 5.51. The molecule has 0 saturated carbocycles. The summed E-state index contributed by atoms with van der Waals surface area (Å²) in [5.74, 6) is 1.26. The Morgan fingerprint density at radius 3 is 2.47 bits per heavy atom. The monoisotopic (exact) mass is 400 g/mol. The van der Waals surface area contributed by atoms with Gasteiger partial charge in [-0.05, 0) is 50.1 Å². The van der Waals surface area contributed by atoms with E-state index in [1.807, 2.05) is 61.0 Å². The number of aryl methyl sites for hydroxylation is 2. The SMILES string of the molecule is COc1nc(-c2cc(C)c(N[C@@H](C)c3ccccc3)nn2)ccc1-n1cnc(C)c1. The van der Waals surface area contributed by atoms with Gasteiger partial charge in [-0.3, -0.25) is 0 Å². The maximum absolute atomic E-state index is 5.51. The van der Waals surface area contributed by atoms with E-state index in [1.165, 1.54) is 5.56 Å². The lowest BCUT2D eigenvalue weighted by Crippen LogP contribution is -2.10. The van der Waals surface area contributed by atoms with Gasteiger partial charge in [-0.1, -0.05) is 30.3 Å². The summed E-state index contributed by atoms with van der Waals surface area (Å²) in [5.41, 5.74) is 5.33. The van der Waals surface area contributed by atoms with Crippen LogP contribution in [0.4, 0.5) is 5.82 Å². The Labute approximate surface area is 175 Å². The standard InChI is InChI=1S/C23H24N6O/c1-15-12-20(27-28-22(15)25-17(3)18-8-6-5-7-9-18)19-10-11-21(23(26-19)30-4)29-13-16(2)24-14-29/h5-14,17H,1-4H3,(H,25,28)/t17-/m0/s1. The highest BCUT2D eigenvalue weighted by Gasteiger charge is 2.14. The van der Waals surface area contributed by atoms with E-state index in [1.54, 1.807) is 13.4 Å². The van der Waals surface area contributed by atoms with Crippen molar-refractivity contribution in [2.45, 2.75) is 26.8 Å².